The first-order valence-electron chi connectivity index (χ1n) is 7.87. The number of halogens is 1. The topological polar surface area (TPSA) is 47.6 Å². The SMILES string of the molecule is CCOC(=O)[C@@H](C)[C@H](Nc1ccc(OC)cc1)c1ccc(F)cc1. The minimum Gasteiger partial charge on any atom is -0.497 e. The molecule has 0 amide bonds. The maximum Gasteiger partial charge on any atom is 0.311 e. The summed E-state index contributed by atoms with van der Waals surface area (Å²) in [7, 11) is 1.60. The molecule has 0 bridgehead atoms. The summed E-state index contributed by atoms with van der Waals surface area (Å²) in [5, 5.41) is 3.33. The van der Waals surface area contributed by atoms with Crippen LogP contribution in [0.5, 0.6) is 5.75 Å². The fraction of sp³-hybridized carbons (Fsp3) is 0.316. The monoisotopic (exact) mass is 331 g/mol. The number of esters is 1. The molecule has 2 aromatic carbocycles. The Labute approximate surface area is 141 Å². The molecule has 2 aromatic rings. The van der Waals surface area contributed by atoms with E-state index in [0.29, 0.717) is 6.61 Å². The molecule has 0 unspecified atom stereocenters. The molecule has 0 aliphatic carbocycles. The number of rotatable bonds is 7. The summed E-state index contributed by atoms with van der Waals surface area (Å²) in [5.74, 6) is -0.298. The van der Waals surface area contributed by atoms with Gasteiger partial charge in [-0.05, 0) is 55.8 Å². The summed E-state index contributed by atoms with van der Waals surface area (Å²) in [5.41, 5.74) is 1.65. The minimum atomic E-state index is -0.433. The third kappa shape index (κ3) is 4.47. The van der Waals surface area contributed by atoms with Crippen molar-refractivity contribution in [2.24, 2.45) is 5.92 Å². The van der Waals surface area contributed by atoms with Gasteiger partial charge in [0.2, 0.25) is 0 Å². The molecule has 5 heteroatoms. The summed E-state index contributed by atoms with van der Waals surface area (Å²) < 4.78 is 23.5. The van der Waals surface area contributed by atoms with Gasteiger partial charge in [0.15, 0.2) is 0 Å². The van der Waals surface area contributed by atoms with E-state index in [0.717, 1.165) is 17.0 Å². The number of benzene rings is 2. The van der Waals surface area contributed by atoms with Crippen molar-refractivity contribution in [1.82, 2.24) is 0 Å². The van der Waals surface area contributed by atoms with Crippen molar-refractivity contribution in [3.8, 4) is 5.75 Å². The molecule has 0 aliphatic heterocycles. The Bertz CT molecular complexity index is 655. The van der Waals surface area contributed by atoms with Crippen LogP contribution in [0.2, 0.25) is 0 Å². The van der Waals surface area contributed by atoms with Crippen molar-refractivity contribution < 1.29 is 18.7 Å². The lowest BCUT2D eigenvalue weighted by molar-refractivity contribution is -0.147. The predicted molar refractivity (Wildman–Crippen MR) is 91.6 cm³/mol. The van der Waals surface area contributed by atoms with Gasteiger partial charge in [0.25, 0.3) is 0 Å². The average molecular weight is 331 g/mol. The Morgan fingerprint density at radius 2 is 1.75 bits per heavy atom. The smallest absolute Gasteiger partial charge is 0.311 e. The molecule has 0 fully saturated rings. The summed E-state index contributed by atoms with van der Waals surface area (Å²) in [6.07, 6.45) is 0. The average Bonchev–Trinajstić information content (AvgIpc) is 2.60. The molecule has 1 N–H and O–H groups in total. The van der Waals surface area contributed by atoms with Gasteiger partial charge in [-0.1, -0.05) is 12.1 Å². The second-order valence-corrected chi connectivity index (χ2v) is 5.44. The molecule has 24 heavy (non-hydrogen) atoms. The van der Waals surface area contributed by atoms with Crippen LogP contribution < -0.4 is 10.1 Å². The highest BCUT2D eigenvalue weighted by molar-refractivity contribution is 5.74. The molecule has 2 rings (SSSR count). The Balaban J connectivity index is 2.27. The lowest BCUT2D eigenvalue weighted by Crippen LogP contribution is -2.27. The summed E-state index contributed by atoms with van der Waals surface area (Å²) >= 11 is 0. The van der Waals surface area contributed by atoms with Gasteiger partial charge in [-0.25, -0.2) is 4.39 Å². The molecule has 0 spiro atoms. The van der Waals surface area contributed by atoms with Gasteiger partial charge in [-0.3, -0.25) is 4.79 Å². The summed E-state index contributed by atoms with van der Waals surface area (Å²) in [4.78, 5) is 12.2. The van der Waals surface area contributed by atoms with Gasteiger partial charge < -0.3 is 14.8 Å². The standard InChI is InChI=1S/C19H22FNO3/c1-4-24-19(22)13(2)18(14-5-7-15(20)8-6-14)21-16-9-11-17(23-3)12-10-16/h5-13,18,21H,4H2,1-3H3/t13-,18-/m0/s1. The van der Waals surface area contributed by atoms with Crippen LogP contribution in [0.3, 0.4) is 0 Å². The molecule has 0 saturated carbocycles. The maximum absolute atomic E-state index is 13.2. The number of hydrogen-bond acceptors (Lipinski definition) is 4. The first kappa shape index (κ1) is 17.8. The third-order valence-corrected chi connectivity index (χ3v) is 3.80. The van der Waals surface area contributed by atoms with Crippen LogP contribution in [0, 0.1) is 11.7 Å². The normalized spacial score (nSPS) is 13.0. The van der Waals surface area contributed by atoms with Crippen molar-refractivity contribution in [1.29, 1.82) is 0 Å². The number of anilines is 1. The number of hydrogen-bond donors (Lipinski definition) is 1. The van der Waals surface area contributed by atoms with Gasteiger partial charge in [0.1, 0.15) is 11.6 Å². The highest BCUT2D eigenvalue weighted by atomic mass is 19.1. The van der Waals surface area contributed by atoms with E-state index in [1.165, 1.54) is 12.1 Å². The fourth-order valence-electron chi connectivity index (χ4n) is 2.44. The van der Waals surface area contributed by atoms with Crippen LogP contribution in [0.25, 0.3) is 0 Å². The first-order valence-corrected chi connectivity index (χ1v) is 7.87. The van der Waals surface area contributed by atoms with Crippen LogP contribution in [-0.2, 0) is 9.53 Å². The van der Waals surface area contributed by atoms with E-state index >= 15 is 0 Å². The number of carbonyl (C=O) groups is 1. The second kappa shape index (κ2) is 8.34. The fourth-order valence-corrected chi connectivity index (χ4v) is 2.44. The zero-order valence-electron chi connectivity index (χ0n) is 14.1. The Morgan fingerprint density at radius 3 is 2.29 bits per heavy atom. The summed E-state index contributed by atoms with van der Waals surface area (Å²) in [6, 6.07) is 13.2. The summed E-state index contributed by atoms with van der Waals surface area (Å²) in [6.45, 7) is 3.89. The number of nitrogens with one attached hydrogen (secondary N) is 1. The lowest BCUT2D eigenvalue weighted by atomic mass is 9.94. The van der Waals surface area contributed by atoms with E-state index < -0.39 is 5.92 Å². The molecule has 4 nitrogen and oxygen atoms in total. The zero-order chi connectivity index (χ0) is 17.5. The highest BCUT2D eigenvalue weighted by Gasteiger charge is 2.26. The van der Waals surface area contributed by atoms with E-state index in [1.54, 1.807) is 33.1 Å². The van der Waals surface area contributed by atoms with Crippen LogP contribution in [0.4, 0.5) is 10.1 Å². The molecule has 0 aromatic heterocycles. The van der Waals surface area contributed by atoms with E-state index in [9.17, 15) is 9.18 Å². The van der Waals surface area contributed by atoms with Crippen molar-refractivity contribution in [2.75, 3.05) is 19.0 Å². The van der Waals surface area contributed by atoms with Crippen molar-refractivity contribution >= 4 is 11.7 Å². The van der Waals surface area contributed by atoms with E-state index in [2.05, 4.69) is 5.32 Å². The van der Waals surface area contributed by atoms with Crippen LogP contribution >= 0.6 is 0 Å². The van der Waals surface area contributed by atoms with Crippen LogP contribution in [0.15, 0.2) is 48.5 Å². The first-order chi connectivity index (χ1) is 11.5. The van der Waals surface area contributed by atoms with E-state index in [1.807, 2.05) is 24.3 Å². The Morgan fingerprint density at radius 1 is 1.12 bits per heavy atom. The molecule has 0 saturated heterocycles. The molecule has 0 heterocycles. The molecule has 128 valence electrons. The number of methoxy groups -OCH3 is 1. The van der Waals surface area contributed by atoms with Crippen molar-refractivity contribution in [2.45, 2.75) is 19.9 Å². The van der Waals surface area contributed by atoms with Crippen LogP contribution in [0.1, 0.15) is 25.5 Å². The quantitative estimate of drug-likeness (QED) is 0.773. The minimum absolute atomic E-state index is 0.298. The Kier molecular flexibility index (Phi) is 6.18. The van der Waals surface area contributed by atoms with E-state index in [-0.39, 0.29) is 17.8 Å². The van der Waals surface area contributed by atoms with Gasteiger partial charge in [-0.2, -0.15) is 0 Å². The van der Waals surface area contributed by atoms with Gasteiger partial charge in [0, 0.05) is 5.69 Å². The van der Waals surface area contributed by atoms with E-state index in [4.69, 9.17) is 9.47 Å². The van der Waals surface area contributed by atoms with Crippen molar-refractivity contribution in [3.05, 3.63) is 59.9 Å². The van der Waals surface area contributed by atoms with Crippen molar-refractivity contribution in [3.63, 3.8) is 0 Å². The Hall–Kier alpha value is -2.56. The second-order valence-electron chi connectivity index (χ2n) is 5.44. The highest BCUT2D eigenvalue weighted by Crippen LogP contribution is 2.28. The molecular formula is C19H22FNO3. The van der Waals surface area contributed by atoms with Gasteiger partial charge >= 0.3 is 5.97 Å². The zero-order valence-corrected chi connectivity index (χ0v) is 14.1. The lowest BCUT2D eigenvalue weighted by Gasteiger charge is -2.25. The van der Waals surface area contributed by atoms with Crippen LogP contribution in [-0.4, -0.2) is 19.7 Å². The largest absolute Gasteiger partial charge is 0.497 e. The van der Waals surface area contributed by atoms with Gasteiger partial charge in [0.05, 0.1) is 25.7 Å². The molecule has 2 atom stereocenters. The predicted octanol–water partition coefficient (Wildman–Crippen LogP) is 4.19. The number of carbonyl (C=O) groups excluding carboxylic acids is 1. The third-order valence-electron chi connectivity index (χ3n) is 3.80. The maximum atomic E-state index is 13.2. The molecular weight excluding hydrogens is 309 g/mol. The molecule has 0 aliphatic rings. The molecule has 0 radical (unpaired) electrons. The van der Waals surface area contributed by atoms with Gasteiger partial charge in [-0.15, -0.1) is 0 Å². The number of ether oxygens (including phenoxy) is 2.